The minimum Gasteiger partial charge on any atom is -0.412 e. The normalized spacial score (nSPS) is 3.86. The smallest absolute Gasteiger partial charge is 0.412 e. The van der Waals surface area contributed by atoms with Crippen molar-refractivity contribution in [3.8, 4) is 0 Å². The van der Waals surface area contributed by atoms with Gasteiger partial charge in [0.2, 0.25) is 0 Å². The Bertz CT molecular complexity index is 16.4. The predicted molar refractivity (Wildman–Crippen MR) is 24.6 cm³/mol. The zero-order valence-corrected chi connectivity index (χ0v) is 6.09. The predicted octanol–water partition coefficient (Wildman–Crippen LogP) is -3.80. The molecule has 38 valence electrons. The van der Waals surface area contributed by atoms with Crippen molar-refractivity contribution < 1.29 is 40.0 Å². The molecule has 7 heteroatoms. The van der Waals surface area contributed by atoms with Crippen LogP contribution in [0.15, 0.2) is 0 Å². The van der Waals surface area contributed by atoms with E-state index in [1.165, 1.54) is 0 Å². The second-order valence-corrected chi connectivity index (χ2v) is 0.346. The first-order valence-electron chi connectivity index (χ1n) is 0.775. The van der Waals surface area contributed by atoms with E-state index in [0.29, 0.717) is 0 Å². The molecule has 0 radical (unpaired) electrons. The standard InChI is InChI=1S/BH3O3.Mg.H2O.Zn.2H/c2-1(3)4;;;;;/h2-4H;;1H2;;;. The van der Waals surface area contributed by atoms with Crippen molar-refractivity contribution in [1.82, 2.24) is 0 Å². The van der Waals surface area contributed by atoms with Crippen LogP contribution in [0.5, 0.6) is 0 Å². The van der Waals surface area contributed by atoms with Crippen molar-refractivity contribution >= 4 is 30.4 Å². The second kappa shape index (κ2) is 15.7. The minimum atomic E-state index is -2.17. The van der Waals surface area contributed by atoms with Crippen LogP contribution in [0.4, 0.5) is 0 Å². The molecular formula is H7BMgO4Zn. The van der Waals surface area contributed by atoms with Crippen LogP contribution in [0.3, 0.4) is 0 Å². The fourth-order valence-electron chi connectivity index (χ4n) is 0. The number of rotatable bonds is 0. The molecule has 0 fully saturated rings. The van der Waals surface area contributed by atoms with Crippen molar-refractivity contribution in [2.24, 2.45) is 0 Å². The van der Waals surface area contributed by atoms with Gasteiger partial charge in [0.15, 0.2) is 0 Å². The topological polar surface area (TPSA) is 92.2 Å². The van der Waals surface area contributed by atoms with Gasteiger partial charge in [-0.2, -0.15) is 0 Å². The van der Waals surface area contributed by atoms with Crippen LogP contribution in [0.25, 0.3) is 0 Å². The molecule has 0 rings (SSSR count). The Labute approximate surface area is 70.3 Å². The van der Waals surface area contributed by atoms with Gasteiger partial charge in [0.1, 0.15) is 0 Å². The summed E-state index contributed by atoms with van der Waals surface area (Å²) in [6.07, 6.45) is 0. The maximum atomic E-state index is 7.17. The van der Waals surface area contributed by atoms with Gasteiger partial charge in [-0.25, -0.2) is 0 Å². The van der Waals surface area contributed by atoms with E-state index in [1.54, 1.807) is 0 Å². The largest absolute Gasteiger partial charge is 0.631 e. The summed E-state index contributed by atoms with van der Waals surface area (Å²) in [4.78, 5) is 0. The second-order valence-electron chi connectivity index (χ2n) is 0.346. The van der Waals surface area contributed by atoms with Crippen LogP contribution in [0.1, 0.15) is 0 Å². The van der Waals surface area contributed by atoms with E-state index < -0.39 is 7.32 Å². The van der Waals surface area contributed by atoms with Crippen LogP contribution in [0, 0.1) is 0 Å². The van der Waals surface area contributed by atoms with E-state index in [-0.39, 0.29) is 48.0 Å². The number of hydrogen-bond acceptors (Lipinski definition) is 3. The number of hydrogen-bond donors (Lipinski definition) is 3. The van der Waals surface area contributed by atoms with Gasteiger partial charge in [-0.1, -0.05) is 0 Å². The Balaban J connectivity index is -0.0000000150. The molecule has 0 bridgehead atoms. The third-order valence-corrected chi connectivity index (χ3v) is 0. The summed E-state index contributed by atoms with van der Waals surface area (Å²) in [5, 5.41) is 21.5. The fraction of sp³-hybridized carbons (Fsp3) is 0. The van der Waals surface area contributed by atoms with E-state index >= 15 is 0 Å². The average molecular weight is 172 g/mol. The first kappa shape index (κ1) is 23.9. The van der Waals surface area contributed by atoms with Gasteiger partial charge in [-0.3, -0.25) is 0 Å². The summed E-state index contributed by atoms with van der Waals surface area (Å²) in [6.45, 7) is 0. The van der Waals surface area contributed by atoms with Crippen molar-refractivity contribution in [3.63, 3.8) is 0 Å². The summed E-state index contributed by atoms with van der Waals surface area (Å²) < 4.78 is 0. The van der Waals surface area contributed by atoms with Crippen molar-refractivity contribution in [2.45, 2.75) is 0 Å². The molecule has 0 aliphatic heterocycles. The van der Waals surface area contributed by atoms with Gasteiger partial charge >= 0.3 is 30.4 Å². The Morgan fingerprint density at radius 1 is 1.00 bits per heavy atom. The maximum absolute atomic E-state index is 7.17. The molecule has 0 heterocycles. The first-order valence-corrected chi connectivity index (χ1v) is 0.775. The quantitative estimate of drug-likeness (QED) is 0.327. The summed E-state index contributed by atoms with van der Waals surface area (Å²) in [7, 11) is -2.17. The molecule has 0 amide bonds. The summed E-state index contributed by atoms with van der Waals surface area (Å²) in [5.41, 5.74) is 0. The molecule has 0 aromatic heterocycles. The molecule has 0 atom stereocenters. The summed E-state index contributed by atoms with van der Waals surface area (Å²) >= 11 is 0. The van der Waals surface area contributed by atoms with E-state index in [2.05, 4.69) is 0 Å². The molecule has 0 spiro atoms. The van der Waals surface area contributed by atoms with Crippen LogP contribution in [-0.4, -0.2) is 50.9 Å². The summed E-state index contributed by atoms with van der Waals surface area (Å²) in [5.74, 6) is 0. The van der Waals surface area contributed by atoms with E-state index in [0.717, 1.165) is 0 Å². The van der Waals surface area contributed by atoms with Gasteiger partial charge in [0.05, 0.1) is 0 Å². The van der Waals surface area contributed by atoms with Crippen molar-refractivity contribution in [3.05, 3.63) is 0 Å². The van der Waals surface area contributed by atoms with Crippen molar-refractivity contribution in [1.29, 1.82) is 0 Å². The molecule has 0 aromatic rings. The minimum absolute atomic E-state index is 0. The van der Waals surface area contributed by atoms with Crippen LogP contribution in [0.2, 0.25) is 0 Å². The monoisotopic (exact) mass is 170 g/mol. The molecule has 0 saturated carbocycles. The van der Waals surface area contributed by atoms with Gasteiger partial charge < -0.3 is 20.5 Å². The Morgan fingerprint density at radius 2 is 1.00 bits per heavy atom. The molecular weight excluding hydrogens is 165 g/mol. The van der Waals surface area contributed by atoms with Crippen LogP contribution >= 0.6 is 0 Å². The Kier molecular flexibility index (Phi) is 53.6. The maximum Gasteiger partial charge on any atom is 0.631 e. The fourth-order valence-corrected chi connectivity index (χ4v) is 0. The van der Waals surface area contributed by atoms with Crippen LogP contribution in [-0.2, 0) is 19.5 Å². The Morgan fingerprint density at radius 3 is 1.00 bits per heavy atom. The molecule has 5 N–H and O–H groups in total. The van der Waals surface area contributed by atoms with Gasteiger partial charge in [-0.15, -0.1) is 0 Å². The average Bonchev–Trinajstić information content (AvgIpc) is 0.811. The molecule has 0 aliphatic carbocycles. The zero-order chi connectivity index (χ0) is 3.58. The van der Waals surface area contributed by atoms with Gasteiger partial charge in [0, 0.05) is 19.5 Å². The Hall–Kier alpha value is 1.29. The molecule has 0 saturated heterocycles. The third kappa shape index (κ3) is 122. The molecule has 0 aromatic carbocycles. The van der Waals surface area contributed by atoms with Crippen LogP contribution < -0.4 is 0 Å². The zero-order valence-electron chi connectivity index (χ0n) is 3.13. The third-order valence-electron chi connectivity index (χ3n) is 0. The van der Waals surface area contributed by atoms with Gasteiger partial charge in [-0.05, 0) is 0 Å². The molecule has 7 heavy (non-hydrogen) atoms. The van der Waals surface area contributed by atoms with E-state index in [9.17, 15) is 0 Å². The van der Waals surface area contributed by atoms with Crippen molar-refractivity contribution in [2.75, 3.05) is 0 Å². The molecule has 0 aliphatic rings. The SMILES string of the molecule is O.OB(O)O.[MgH2].[Zn]. The first-order chi connectivity index (χ1) is 1.73. The summed E-state index contributed by atoms with van der Waals surface area (Å²) in [6, 6.07) is 0. The van der Waals surface area contributed by atoms with E-state index in [1.807, 2.05) is 0 Å². The van der Waals surface area contributed by atoms with Gasteiger partial charge in [0.25, 0.3) is 0 Å². The molecule has 0 unspecified atom stereocenters. The van der Waals surface area contributed by atoms with E-state index in [4.69, 9.17) is 15.1 Å². The molecule has 4 nitrogen and oxygen atoms in total.